The van der Waals surface area contributed by atoms with Crippen molar-refractivity contribution in [2.45, 2.75) is 33.2 Å². The van der Waals surface area contributed by atoms with Crippen molar-refractivity contribution in [2.75, 3.05) is 13.1 Å². The van der Waals surface area contributed by atoms with Crippen molar-refractivity contribution in [3.05, 3.63) is 23.7 Å². The molecule has 4 nitrogen and oxygen atoms in total. The van der Waals surface area contributed by atoms with Gasteiger partial charge in [-0.15, -0.1) is 12.4 Å². The summed E-state index contributed by atoms with van der Waals surface area (Å²) in [6.45, 7) is 6.53. The molecule has 1 fully saturated rings. The Labute approximate surface area is 120 Å². The van der Waals surface area contributed by atoms with Gasteiger partial charge in [0.1, 0.15) is 12.0 Å². The Hall–Kier alpha value is -1.00. The average Bonchev–Trinajstić information content (AvgIpc) is 2.95. The number of carbonyl (C=O) groups excluding carboxylic acids is 1. The molecule has 0 spiro atoms. The fourth-order valence-electron chi connectivity index (χ4n) is 2.66. The molecule has 19 heavy (non-hydrogen) atoms. The quantitative estimate of drug-likeness (QED) is 0.926. The van der Waals surface area contributed by atoms with E-state index in [2.05, 4.69) is 13.8 Å². The molecule has 0 aromatic carbocycles. The molecule has 0 saturated carbocycles. The maximum absolute atomic E-state index is 12.2. The van der Waals surface area contributed by atoms with Gasteiger partial charge < -0.3 is 15.1 Å². The molecule has 2 heterocycles. The third kappa shape index (κ3) is 3.98. The van der Waals surface area contributed by atoms with Crippen LogP contribution in [0.3, 0.4) is 0 Å². The second kappa shape index (κ2) is 6.96. The maximum Gasteiger partial charge on any atom is 0.257 e. The largest absolute Gasteiger partial charge is 0.467 e. The monoisotopic (exact) mass is 286 g/mol. The predicted molar refractivity (Wildman–Crippen MR) is 77.3 cm³/mol. The van der Waals surface area contributed by atoms with E-state index in [9.17, 15) is 4.79 Å². The highest BCUT2D eigenvalue weighted by molar-refractivity contribution is 5.94. The summed E-state index contributed by atoms with van der Waals surface area (Å²) in [5.41, 5.74) is 6.10. The first-order valence-electron chi connectivity index (χ1n) is 6.67. The highest BCUT2D eigenvalue weighted by atomic mass is 35.5. The first kappa shape index (κ1) is 16.1. The second-order valence-electron chi connectivity index (χ2n) is 5.54. The van der Waals surface area contributed by atoms with E-state index in [0.717, 1.165) is 19.5 Å². The minimum Gasteiger partial charge on any atom is -0.467 e. The van der Waals surface area contributed by atoms with Crippen molar-refractivity contribution in [1.29, 1.82) is 0 Å². The Morgan fingerprint density at radius 2 is 2.32 bits per heavy atom. The highest BCUT2D eigenvalue weighted by Crippen LogP contribution is 2.24. The van der Waals surface area contributed by atoms with E-state index in [1.807, 2.05) is 4.90 Å². The summed E-state index contributed by atoms with van der Waals surface area (Å²) < 4.78 is 5.21. The Morgan fingerprint density at radius 3 is 2.89 bits per heavy atom. The molecule has 1 aromatic rings. The van der Waals surface area contributed by atoms with Gasteiger partial charge in [-0.05, 0) is 30.7 Å². The van der Waals surface area contributed by atoms with Crippen LogP contribution in [0.1, 0.15) is 42.8 Å². The molecule has 1 saturated heterocycles. The molecule has 1 aliphatic rings. The Kier molecular flexibility index (Phi) is 5.88. The zero-order chi connectivity index (χ0) is 13.1. The van der Waals surface area contributed by atoms with Crippen LogP contribution in [-0.4, -0.2) is 23.9 Å². The summed E-state index contributed by atoms with van der Waals surface area (Å²) in [4.78, 5) is 14.2. The predicted octanol–water partition coefficient (Wildman–Crippen LogP) is 2.67. The van der Waals surface area contributed by atoms with Gasteiger partial charge in [0.25, 0.3) is 5.91 Å². The molecule has 5 heteroatoms. The minimum absolute atomic E-state index is 0. The van der Waals surface area contributed by atoms with Crippen LogP contribution in [0.4, 0.5) is 0 Å². The van der Waals surface area contributed by atoms with Crippen LogP contribution >= 0.6 is 12.4 Å². The van der Waals surface area contributed by atoms with Crippen LogP contribution in [0.2, 0.25) is 0 Å². The van der Waals surface area contributed by atoms with E-state index in [4.69, 9.17) is 10.2 Å². The van der Waals surface area contributed by atoms with E-state index in [0.29, 0.717) is 29.7 Å². The van der Waals surface area contributed by atoms with Crippen LogP contribution in [0.5, 0.6) is 0 Å². The number of hydrogen-bond donors (Lipinski definition) is 1. The van der Waals surface area contributed by atoms with E-state index in [1.165, 1.54) is 12.7 Å². The Balaban J connectivity index is 0.00000180. The van der Waals surface area contributed by atoms with Gasteiger partial charge in [0.05, 0.1) is 12.1 Å². The fraction of sp³-hybridized carbons (Fsp3) is 0.643. The van der Waals surface area contributed by atoms with Gasteiger partial charge in [-0.25, -0.2) is 0 Å². The van der Waals surface area contributed by atoms with Gasteiger partial charge >= 0.3 is 0 Å². The van der Waals surface area contributed by atoms with Gasteiger partial charge in [0.2, 0.25) is 0 Å². The fourth-order valence-corrected chi connectivity index (χ4v) is 2.66. The summed E-state index contributed by atoms with van der Waals surface area (Å²) in [5, 5.41) is 0. The molecular formula is C14H23ClN2O2. The van der Waals surface area contributed by atoms with Gasteiger partial charge in [0, 0.05) is 13.1 Å². The zero-order valence-electron chi connectivity index (χ0n) is 11.6. The molecule has 1 amide bonds. The molecule has 1 atom stereocenters. The molecule has 0 aliphatic carbocycles. The number of hydrogen-bond acceptors (Lipinski definition) is 3. The van der Waals surface area contributed by atoms with Gasteiger partial charge in [-0.1, -0.05) is 13.8 Å². The van der Waals surface area contributed by atoms with Crippen molar-refractivity contribution >= 4 is 18.3 Å². The third-order valence-electron chi connectivity index (χ3n) is 3.48. The number of halogens is 1. The highest BCUT2D eigenvalue weighted by Gasteiger charge is 2.27. The molecule has 2 N–H and O–H groups in total. The van der Waals surface area contributed by atoms with Crippen LogP contribution in [-0.2, 0) is 6.54 Å². The number of nitrogens with zero attached hydrogens (tertiary/aromatic N) is 1. The molecule has 1 aromatic heterocycles. The van der Waals surface area contributed by atoms with Crippen molar-refractivity contribution in [2.24, 2.45) is 17.6 Å². The number of rotatable bonds is 4. The Bertz CT molecular complexity index is 417. The number of carbonyl (C=O) groups is 1. The smallest absolute Gasteiger partial charge is 0.257 e. The van der Waals surface area contributed by atoms with Crippen molar-refractivity contribution in [1.82, 2.24) is 4.90 Å². The van der Waals surface area contributed by atoms with Crippen LogP contribution in [0, 0.1) is 11.8 Å². The lowest BCUT2D eigenvalue weighted by Gasteiger charge is -2.16. The second-order valence-corrected chi connectivity index (χ2v) is 5.54. The van der Waals surface area contributed by atoms with E-state index in [-0.39, 0.29) is 18.3 Å². The van der Waals surface area contributed by atoms with E-state index >= 15 is 0 Å². The lowest BCUT2D eigenvalue weighted by atomic mass is 9.97. The van der Waals surface area contributed by atoms with Gasteiger partial charge in [-0.3, -0.25) is 4.79 Å². The molecule has 108 valence electrons. The summed E-state index contributed by atoms with van der Waals surface area (Å²) in [7, 11) is 0. The summed E-state index contributed by atoms with van der Waals surface area (Å²) in [6.07, 6.45) is 3.83. The summed E-state index contributed by atoms with van der Waals surface area (Å²) >= 11 is 0. The van der Waals surface area contributed by atoms with Crippen molar-refractivity contribution in [3.8, 4) is 0 Å². The van der Waals surface area contributed by atoms with Crippen LogP contribution in [0.15, 0.2) is 16.7 Å². The van der Waals surface area contributed by atoms with Gasteiger partial charge in [-0.2, -0.15) is 0 Å². The maximum atomic E-state index is 12.2. The first-order valence-corrected chi connectivity index (χ1v) is 6.67. The molecule has 1 unspecified atom stereocenters. The van der Waals surface area contributed by atoms with E-state index in [1.54, 1.807) is 6.07 Å². The third-order valence-corrected chi connectivity index (χ3v) is 3.48. The summed E-state index contributed by atoms with van der Waals surface area (Å²) in [5.74, 6) is 2.08. The molecular weight excluding hydrogens is 264 g/mol. The molecule has 1 aliphatic heterocycles. The normalized spacial score (nSPS) is 18.7. The number of likely N-dealkylation sites (tertiary alicyclic amines) is 1. The van der Waals surface area contributed by atoms with Crippen molar-refractivity contribution in [3.63, 3.8) is 0 Å². The van der Waals surface area contributed by atoms with Crippen molar-refractivity contribution < 1.29 is 9.21 Å². The first-order chi connectivity index (χ1) is 8.60. The van der Waals surface area contributed by atoms with Crippen LogP contribution in [0.25, 0.3) is 0 Å². The zero-order valence-corrected chi connectivity index (χ0v) is 12.4. The minimum atomic E-state index is 0. The molecule has 2 rings (SSSR count). The molecule has 0 radical (unpaired) electrons. The standard InChI is InChI=1S/C14H22N2O2.ClH/c1-10(2)5-11-3-4-16(8-11)14(17)12-6-13(7-15)18-9-12;/h6,9-11H,3-5,7-8,15H2,1-2H3;1H. The van der Waals surface area contributed by atoms with Crippen LogP contribution < -0.4 is 5.73 Å². The van der Waals surface area contributed by atoms with E-state index < -0.39 is 0 Å². The Morgan fingerprint density at radius 1 is 1.58 bits per heavy atom. The average molecular weight is 287 g/mol. The number of nitrogens with two attached hydrogens (primary N) is 1. The lowest BCUT2D eigenvalue weighted by molar-refractivity contribution is 0.0785. The van der Waals surface area contributed by atoms with Gasteiger partial charge in [0.15, 0.2) is 0 Å². The SMILES string of the molecule is CC(C)CC1CCN(C(=O)c2coc(CN)c2)C1.Cl. The number of amides is 1. The molecule has 0 bridgehead atoms. The number of furan rings is 1. The topological polar surface area (TPSA) is 59.5 Å². The lowest BCUT2D eigenvalue weighted by Crippen LogP contribution is -2.28. The summed E-state index contributed by atoms with van der Waals surface area (Å²) in [6, 6.07) is 1.75.